The van der Waals surface area contributed by atoms with Gasteiger partial charge in [-0.05, 0) is 38.4 Å². The molecule has 108 valence electrons. The number of hydrogen-bond donors (Lipinski definition) is 0. The molecule has 2 aromatic heterocycles. The first-order chi connectivity index (χ1) is 10.1. The zero-order valence-corrected chi connectivity index (χ0v) is 12.2. The number of nitrogens with zero attached hydrogens (tertiary/aromatic N) is 2. The second-order valence-corrected chi connectivity index (χ2v) is 5.15. The van der Waals surface area contributed by atoms with Crippen LogP contribution in [-0.2, 0) is 6.54 Å². The predicted octanol–water partition coefficient (Wildman–Crippen LogP) is 2.41. The molecule has 1 aromatic carbocycles. The summed E-state index contributed by atoms with van der Waals surface area (Å²) in [7, 11) is 5.52. The van der Waals surface area contributed by atoms with E-state index in [1.54, 1.807) is 37.6 Å². The molecule has 0 radical (unpaired) electrons. The Morgan fingerprint density at radius 1 is 1.24 bits per heavy atom. The highest BCUT2D eigenvalue weighted by molar-refractivity contribution is 5.90. The van der Waals surface area contributed by atoms with Crippen molar-refractivity contribution in [3.05, 3.63) is 46.2 Å². The summed E-state index contributed by atoms with van der Waals surface area (Å²) in [6.45, 7) is 0.613. The quantitative estimate of drug-likeness (QED) is 0.691. The van der Waals surface area contributed by atoms with Crippen LogP contribution in [0.25, 0.3) is 22.1 Å². The number of pyridine rings is 1. The summed E-state index contributed by atoms with van der Waals surface area (Å²) in [4.78, 5) is 18.7. The molecule has 0 spiro atoms. The molecule has 3 aromatic rings. The first kappa shape index (κ1) is 13.6. The molecule has 0 fully saturated rings. The molecule has 21 heavy (non-hydrogen) atoms. The molecule has 5 nitrogen and oxygen atoms in total. The van der Waals surface area contributed by atoms with Crippen LogP contribution in [0.1, 0.15) is 5.56 Å². The summed E-state index contributed by atoms with van der Waals surface area (Å²) in [5.41, 5.74) is 1.68. The molecule has 2 heterocycles. The summed E-state index contributed by atoms with van der Waals surface area (Å²) < 4.78 is 11.3. The molecule has 0 aliphatic carbocycles. The van der Waals surface area contributed by atoms with E-state index < -0.39 is 0 Å². The van der Waals surface area contributed by atoms with Gasteiger partial charge in [0.25, 0.3) is 0 Å². The largest absolute Gasteiger partial charge is 0.496 e. The highest BCUT2D eigenvalue weighted by atomic mass is 16.5. The first-order valence-electron chi connectivity index (χ1n) is 6.64. The molecule has 0 aliphatic heterocycles. The van der Waals surface area contributed by atoms with Gasteiger partial charge in [0, 0.05) is 12.7 Å². The van der Waals surface area contributed by atoms with E-state index in [1.165, 1.54) is 0 Å². The van der Waals surface area contributed by atoms with Gasteiger partial charge in [-0.25, -0.2) is 4.98 Å². The van der Waals surface area contributed by atoms with Crippen LogP contribution in [0, 0.1) is 0 Å². The standard InChI is InChI=1S/C16H16N2O3/c1-18(2)9-12-13(20-3)7-6-10-14(19)11-5-4-8-17-16(11)21-15(10)12/h4-8H,9H2,1-3H3. The Morgan fingerprint density at radius 2 is 2.05 bits per heavy atom. The van der Waals surface area contributed by atoms with Crippen LogP contribution in [0.15, 0.2) is 39.7 Å². The van der Waals surface area contributed by atoms with Crippen molar-refractivity contribution in [3.8, 4) is 5.75 Å². The van der Waals surface area contributed by atoms with Gasteiger partial charge >= 0.3 is 0 Å². The maximum absolute atomic E-state index is 12.6. The summed E-state index contributed by atoms with van der Waals surface area (Å²) in [5, 5.41) is 1.04. The summed E-state index contributed by atoms with van der Waals surface area (Å²) >= 11 is 0. The van der Waals surface area contributed by atoms with Crippen molar-refractivity contribution in [2.75, 3.05) is 21.2 Å². The normalized spacial score (nSPS) is 11.4. The number of fused-ring (bicyclic) bond motifs is 2. The molecule has 0 bridgehead atoms. The van der Waals surface area contributed by atoms with Gasteiger partial charge in [0.1, 0.15) is 11.3 Å². The van der Waals surface area contributed by atoms with Gasteiger partial charge in [-0.3, -0.25) is 4.79 Å². The number of rotatable bonds is 3. The topological polar surface area (TPSA) is 55.6 Å². The van der Waals surface area contributed by atoms with Crippen LogP contribution in [-0.4, -0.2) is 31.1 Å². The van der Waals surface area contributed by atoms with Crippen molar-refractivity contribution >= 4 is 22.1 Å². The molecule has 5 heteroatoms. The maximum atomic E-state index is 12.6. The molecular formula is C16H16N2O3. The minimum absolute atomic E-state index is 0.0676. The number of ether oxygens (including phenoxy) is 1. The van der Waals surface area contributed by atoms with Crippen LogP contribution in [0.4, 0.5) is 0 Å². The van der Waals surface area contributed by atoms with Crippen molar-refractivity contribution < 1.29 is 9.15 Å². The number of methoxy groups -OCH3 is 1. The Morgan fingerprint density at radius 3 is 2.76 bits per heavy atom. The Labute approximate surface area is 121 Å². The molecule has 0 saturated heterocycles. The third-order valence-electron chi connectivity index (χ3n) is 3.37. The number of benzene rings is 1. The molecule has 3 rings (SSSR count). The van der Waals surface area contributed by atoms with Gasteiger partial charge in [0.15, 0.2) is 0 Å². The molecule has 0 saturated carbocycles. The summed E-state index contributed by atoms with van der Waals surface area (Å²) in [6.07, 6.45) is 1.61. The van der Waals surface area contributed by atoms with Crippen molar-refractivity contribution in [2.24, 2.45) is 0 Å². The van der Waals surface area contributed by atoms with E-state index in [0.29, 0.717) is 34.4 Å². The lowest BCUT2D eigenvalue weighted by Crippen LogP contribution is -2.13. The minimum Gasteiger partial charge on any atom is -0.496 e. The van der Waals surface area contributed by atoms with E-state index in [9.17, 15) is 4.79 Å². The van der Waals surface area contributed by atoms with E-state index in [4.69, 9.17) is 9.15 Å². The van der Waals surface area contributed by atoms with Crippen LogP contribution in [0.2, 0.25) is 0 Å². The lowest BCUT2D eigenvalue weighted by atomic mass is 10.1. The number of hydrogen-bond acceptors (Lipinski definition) is 5. The Bertz CT molecular complexity index is 868. The Hall–Kier alpha value is -2.40. The Balaban J connectivity index is 2.44. The zero-order chi connectivity index (χ0) is 15.0. The van der Waals surface area contributed by atoms with E-state index >= 15 is 0 Å². The fourth-order valence-corrected chi connectivity index (χ4v) is 2.45. The third kappa shape index (κ3) is 2.25. The fraction of sp³-hybridized carbons (Fsp3) is 0.250. The van der Waals surface area contributed by atoms with E-state index in [1.807, 2.05) is 19.0 Å². The van der Waals surface area contributed by atoms with Crippen molar-refractivity contribution in [2.45, 2.75) is 6.54 Å². The Kier molecular flexibility index (Phi) is 3.35. The second kappa shape index (κ2) is 5.18. The smallest absolute Gasteiger partial charge is 0.230 e. The van der Waals surface area contributed by atoms with Crippen LogP contribution < -0.4 is 10.2 Å². The SMILES string of the molecule is COc1ccc2c(=O)c3cccnc3oc2c1CN(C)C. The average molecular weight is 284 g/mol. The van der Waals surface area contributed by atoms with E-state index in [-0.39, 0.29) is 5.43 Å². The number of aromatic nitrogens is 1. The summed E-state index contributed by atoms with van der Waals surface area (Å²) in [6, 6.07) is 7.00. The summed E-state index contributed by atoms with van der Waals surface area (Å²) in [5.74, 6) is 0.703. The monoisotopic (exact) mass is 284 g/mol. The van der Waals surface area contributed by atoms with Crippen LogP contribution >= 0.6 is 0 Å². The van der Waals surface area contributed by atoms with E-state index in [2.05, 4.69) is 4.98 Å². The van der Waals surface area contributed by atoms with Crippen molar-refractivity contribution in [1.82, 2.24) is 9.88 Å². The molecule has 0 aliphatic rings. The lowest BCUT2D eigenvalue weighted by molar-refractivity contribution is 0.371. The van der Waals surface area contributed by atoms with Crippen LogP contribution in [0.5, 0.6) is 5.75 Å². The van der Waals surface area contributed by atoms with Gasteiger partial charge in [0.05, 0.1) is 23.4 Å². The van der Waals surface area contributed by atoms with Gasteiger partial charge in [0.2, 0.25) is 11.1 Å². The van der Waals surface area contributed by atoms with Crippen molar-refractivity contribution in [3.63, 3.8) is 0 Å². The van der Waals surface area contributed by atoms with Gasteiger partial charge in [-0.15, -0.1) is 0 Å². The minimum atomic E-state index is -0.0676. The average Bonchev–Trinajstić information content (AvgIpc) is 2.48. The van der Waals surface area contributed by atoms with Crippen LogP contribution in [0.3, 0.4) is 0 Å². The predicted molar refractivity (Wildman–Crippen MR) is 81.7 cm³/mol. The second-order valence-electron chi connectivity index (χ2n) is 5.15. The fourth-order valence-electron chi connectivity index (χ4n) is 2.45. The van der Waals surface area contributed by atoms with Gasteiger partial charge < -0.3 is 14.1 Å². The highest BCUT2D eigenvalue weighted by Gasteiger charge is 2.16. The van der Waals surface area contributed by atoms with Gasteiger partial charge in [-0.1, -0.05) is 0 Å². The maximum Gasteiger partial charge on any atom is 0.230 e. The molecule has 0 N–H and O–H groups in total. The van der Waals surface area contributed by atoms with E-state index in [0.717, 1.165) is 5.56 Å². The zero-order valence-electron chi connectivity index (χ0n) is 12.2. The molecule has 0 amide bonds. The molecular weight excluding hydrogens is 268 g/mol. The molecule has 0 atom stereocenters. The highest BCUT2D eigenvalue weighted by Crippen LogP contribution is 2.29. The molecule has 0 unspecified atom stereocenters. The van der Waals surface area contributed by atoms with Gasteiger partial charge in [-0.2, -0.15) is 0 Å². The van der Waals surface area contributed by atoms with Crippen molar-refractivity contribution in [1.29, 1.82) is 0 Å². The first-order valence-corrected chi connectivity index (χ1v) is 6.64. The lowest BCUT2D eigenvalue weighted by Gasteiger charge is -2.15. The third-order valence-corrected chi connectivity index (χ3v) is 3.37.